The van der Waals surface area contributed by atoms with Gasteiger partial charge in [-0.15, -0.1) is 0 Å². The van der Waals surface area contributed by atoms with Crippen molar-refractivity contribution in [2.24, 2.45) is 5.92 Å². The van der Waals surface area contributed by atoms with Crippen LogP contribution in [0.25, 0.3) is 0 Å². The molecule has 0 radical (unpaired) electrons. The molecule has 1 aliphatic rings. The summed E-state index contributed by atoms with van der Waals surface area (Å²) in [6.45, 7) is 6.33. The number of benzene rings is 2. The summed E-state index contributed by atoms with van der Waals surface area (Å²) >= 11 is 12.5. The molecular weight excluding hydrogens is 471 g/mol. The molecule has 3 rings (SSSR count). The first-order valence-corrected chi connectivity index (χ1v) is 12.0. The summed E-state index contributed by atoms with van der Waals surface area (Å²) in [7, 11) is 1.77. The van der Waals surface area contributed by atoms with Crippen molar-refractivity contribution in [3.05, 3.63) is 63.6 Å². The number of hydrogen-bond donors (Lipinski definition) is 1. The van der Waals surface area contributed by atoms with Gasteiger partial charge in [-0.05, 0) is 48.1 Å². The lowest BCUT2D eigenvalue weighted by Crippen LogP contribution is -2.48. The lowest BCUT2D eigenvalue weighted by Gasteiger charge is -2.31. The summed E-state index contributed by atoms with van der Waals surface area (Å²) in [5.74, 6) is 0.325. The number of likely N-dealkylation sites (N-methyl/N-ethyl adjacent to an activating group) is 1. The molecule has 0 spiro atoms. The third-order valence-electron chi connectivity index (χ3n) is 5.80. The number of hydrazine groups is 1. The van der Waals surface area contributed by atoms with E-state index in [-0.39, 0.29) is 32.3 Å². The van der Waals surface area contributed by atoms with Gasteiger partial charge in [-0.2, -0.15) is 0 Å². The Morgan fingerprint density at radius 1 is 1.06 bits per heavy atom. The van der Waals surface area contributed by atoms with Crippen LogP contribution in [0.2, 0.25) is 10.0 Å². The first-order chi connectivity index (χ1) is 15.7. The standard InChI is InChI=1S/C25H32Cl2N4O2.CH4/c1-18(2)7-6-12-28-24(32)16-30(23-11-10-21(26)13-22(23)27)17-25(33)29(3)31-14-19-8-4-5-9-20(19)15-31;/h4-5,8-11,13,18H,6-7,12,14-17H2,1-3H3,(H,28,32);1H4. The fourth-order valence-corrected chi connectivity index (χ4v) is 4.41. The SMILES string of the molecule is C.CC(C)CCCNC(=O)CN(CC(=O)N(C)N1Cc2ccccc2C1)c1ccc(Cl)cc1Cl. The Labute approximate surface area is 213 Å². The van der Waals surface area contributed by atoms with E-state index in [2.05, 4.69) is 31.3 Å². The van der Waals surface area contributed by atoms with Crippen molar-refractivity contribution < 1.29 is 9.59 Å². The Kier molecular flexibility index (Phi) is 10.7. The fourth-order valence-electron chi connectivity index (χ4n) is 3.88. The van der Waals surface area contributed by atoms with Crippen molar-refractivity contribution in [3.63, 3.8) is 0 Å². The van der Waals surface area contributed by atoms with Crippen molar-refractivity contribution >= 4 is 40.7 Å². The highest BCUT2D eigenvalue weighted by molar-refractivity contribution is 6.36. The zero-order chi connectivity index (χ0) is 24.0. The summed E-state index contributed by atoms with van der Waals surface area (Å²) in [5.41, 5.74) is 3.04. The Morgan fingerprint density at radius 2 is 1.71 bits per heavy atom. The van der Waals surface area contributed by atoms with E-state index in [1.54, 1.807) is 35.2 Å². The Bertz CT molecular complexity index is 958. The molecule has 1 aliphatic heterocycles. The summed E-state index contributed by atoms with van der Waals surface area (Å²) in [6, 6.07) is 13.3. The summed E-state index contributed by atoms with van der Waals surface area (Å²) in [5, 5.41) is 7.49. The summed E-state index contributed by atoms with van der Waals surface area (Å²) < 4.78 is 0. The van der Waals surface area contributed by atoms with E-state index in [0.29, 0.717) is 41.3 Å². The van der Waals surface area contributed by atoms with E-state index in [0.717, 1.165) is 12.8 Å². The van der Waals surface area contributed by atoms with E-state index in [9.17, 15) is 9.59 Å². The van der Waals surface area contributed by atoms with Gasteiger partial charge in [0.2, 0.25) is 5.91 Å². The van der Waals surface area contributed by atoms with Crippen LogP contribution in [-0.4, -0.2) is 48.5 Å². The molecule has 0 saturated heterocycles. The van der Waals surface area contributed by atoms with Gasteiger partial charge in [0.25, 0.3) is 5.91 Å². The lowest BCUT2D eigenvalue weighted by atomic mass is 10.1. The van der Waals surface area contributed by atoms with E-state index < -0.39 is 0 Å². The van der Waals surface area contributed by atoms with Gasteiger partial charge in [-0.25, -0.2) is 5.01 Å². The van der Waals surface area contributed by atoms with Crippen LogP contribution in [0.15, 0.2) is 42.5 Å². The van der Waals surface area contributed by atoms with Gasteiger partial charge in [0.1, 0.15) is 0 Å². The van der Waals surface area contributed by atoms with Crippen LogP contribution in [-0.2, 0) is 22.7 Å². The van der Waals surface area contributed by atoms with Crippen LogP contribution in [0.4, 0.5) is 5.69 Å². The van der Waals surface area contributed by atoms with Crippen molar-refractivity contribution in [3.8, 4) is 0 Å². The van der Waals surface area contributed by atoms with Crippen LogP contribution in [0.3, 0.4) is 0 Å². The number of amides is 2. The second-order valence-corrected chi connectivity index (χ2v) is 9.69. The zero-order valence-electron chi connectivity index (χ0n) is 19.5. The molecule has 6 nitrogen and oxygen atoms in total. The Balaban J connectivity index is 0.00000408. The van der Waals surface area contributed by atoms with Gasteiger partial charge < -0.3 is 10.2 Å². The van der Waals surface area contributed by atoms with Gasteiger partial charge in [0, 0.05) is 31.7 Å². The molecule has 34 heavy (non-hydrogen) atoms. The molecule has 0 saturated carbocycles. The third kappa shape index (κ3) is 7.62. The smallest absolute Gasteiger partial charge is 0.256 e. The Morgan fingerprint density at radius 3 is 2.29 bits per heavy atom. The molecule has 0 atom stereocenters. The average molecular weight is 508 g/mol. The lowest BCUT2D eigenvalue weighted by molar-refractivity contribution is -0.145. The number of nitrogens with zero attached hydrogens (tertiary/aromatic N) is 3. The number of carbonyl (C=O) groups is 2. The van der Waals surface area contributed by atoms with Crippen LogP contribution < -0.4 is 10.2 Å². The van der Waals surface area contributed by atoms with Crippen molar-refractivity contribution in [1.82, 2.24) is 15.3 Å². The molecule has 1 heterocycles. The molecule has 1 N–H and O–H groups in total. The highest BCUT2D eigenvalue weighted by Crippen LogP contribution is 2.29. The van der Waals surface area contributed by atoms with Gasteiger partial charge in [0.15, 0.2) is 0 Å². The maximum atomic E-state index is 13.2. The molecule has 8 heteroatoms. The quantitative estimate of drug-likeness (QED) is 0.439. The highest BCUT2D eigenvalue weighted by atomic mass is 35.5. The fraction of sp³-hybridized carbons (Fsp3) is 0.462. The van der Waals surface area contributed by atoms with E-state index in [4.69, 9.17) is 23.2 Å². The van der Waals surface area contributed by atoms with Crippen LogP contribution in [0, 0.1) is 5.92 Å². The minimum absolute atomic E-state index is 0. The molecule has 186 valence electrons. The molecule has 2 aromatic carbocycles. The van der Waals surface area contributed by atoms with Crippen molar-refractivity contribution in [2.75, 3.05) is 31.6 Å². The number of anilines is 1. The van der Waals surface area contributed by atoms with E-state index >= 15 is 0 Å². The molecule has 0 bridgehead atoms. The Hall–Kier alpha value is -2.28. The molecule has 0 aromatic heterocycles. The number of fused-ring (bicyclic) bond motifs is 1. The van der Waals surface area contributed by atoms with Gasteiger partial charge in [-0.3, -0.25) is 14.6 Å². The number of carbonyl (C=O) groups excluding carboxylic acids is 2. The van der Waals surface area contributed by atoms with Gasteiger partial charge in [-0.1, -0.05) is 68.7 Å². The molecule has 2 aromatic rings. The minimum Gasteiger partial charge on any atom is -0.355 e. The predicted octanol–water partition coefficient (Wildman–Crippen LogP) is 5.38. The molecular formula is C26H36Cl2N4O2. The van der Waals surface area contributed by atoms with Gasteiger partial charge >= 0.3 is 0 Å². The third-order valence-corrected chi connectivity index (χ3v) is 6.34. The number of halogens is 2. The van der Waals surface area contributed by atoms with E-state index in [1.807, 2.05) is 17.1 Å². The maximum absolute atomic E-state index is 13.2. The highest BCUT2D eigenvalue weighted by Gasteiger charge is 2.27. The van der Waals surface area contributed by atoms with Crippen LogP contribution >= 0.6 is 23.2 Å². The van der Waals surface area contributed by atoms with Crippen LogP contribution in [0.1, 0.15) is 45.2 Å². The van der Waals surface area contributed by atoms with Crippen LogP contribution in [0.5, 0.6) is 0 Å². The number of rotatable bonds is 10. The average Bonchev–Trinajstić information content (AvgIpc) is 3.20. The molecule has 2 amide bonds. The first-order valence-electron chi connectivity index (χ1n) is 11.3. The largest absolute Gasteiger partial charge is 0.355 e. The second kappa shape index (κ2) is 13.0. The maximum Gasteiger partial charge on any atom is 0.256 e. The van der Waals surface area contributed by atoms with Crippen molar-refractivity contribution in [1.29, 1.82) is 0 Å². The first kappa shape index (κ1) is 28.0. The predicted molar refractivity (Wildman–Crippen MR) is 141 cm³/mol. The molecule has 0 unspecified atom stereocenters. The van der Waals surface area contributed by atoms with E-state index in [1.165, 1.54) is 11.1 Å². The van der Waals surface area contributed by atoms with Gasteiger partial charge in [0.05, 0.1) is 23.8 Å². The molecule has 0 fully saturated rings. The zero-order valence-corrected chi connectivity index (χ0v) is 21.0. The normalized spacial score (nSPS) is 12.8. The number of hydrogen-bond acceptors (Lipinski definition) is 4. The minimum atomic E-state index is -0.145. The van der Waals surface area contributed by atoms with Crippen molar-refractivity contribution in [2.45, 2.75) is 47.2 Å². The second-order valence-electron chi connectivity index (χ2n) is 8.85. The summed E-state index contributed by atoms with van der Waals surface area (Å²) in [4.78, 5) is 27.6. The summed E-state index contributed by atoms with van der Waals surface area (Å²) in [6.07, 6.45) is 1.97. The topological polar surface area (TPSA) is 55.9 Å². The number of nitrogens with one attached hydrogen (secondary N) is 1. The monoisotopic (exact) mass is 506 g/mol. The molecule has 0 aliphatic carbocycles.